The maximum Gasteiger partial charge on any atom is 0.243 e. The molecule has 0 spiro atoms. The van der Waals surface area contributed by atoms with Crippen LogP contribution in [0.15, 0.2) is 11.0 Å². The van der Waals surface area contributed by atoms with E-state index in [9.17, 15) is 8.42 Å². The lowest BCUT2D eigenvalue weighted by Gasteiger charge is -2.20. The van der Waals surface area contributed by atoms with E-state index >= 15 is 0 Å². The van der Waals surface area contributed by atoms with Crippen molar-refractivity contribution >= 4 is 56.3 Å². The molecule has 0 saturated heterocycles. The summed E-state index contributed by atoms with van der Waals surface area (Å²) in [5.41, 5.74) is 0. The van der Waals surface area contributed by atoms with Gasteiger partial charge in [0.1, 0.15) is 9.23 Å². The molecule has 0 amide bonds. The Morgan fingerprint density at radius 1 is 1.56 bits per heavy atom. The molecule has 2 N–H and O–H groups in total. The van der Waals surface area contributed by atoms with Crippen molar-refractivity contribution in [3.05, 3.63) is 14.7 Å². The van der Waals surface area contributed by atoms with Gasteiger partial charge in [-0.2, -0.15) is 11.8 Å². The first-order chi connectivity index (χ1) is 8.31. The maximum atomic E-state index is 12.1. The van der Waals surface area contributed by atoms with E-state index in [0.29, 0.717) is 4.34 Å². The molecular formula is C9H13Cl2NO3S3. The molecule has 2 atom stereocenters. The lowest BCUT2D eigenvalue weighted by molar-refractivity contribution is 0.282. The van der Waals surface area contributed by atoms with Gasteiger partial charge in [-0.3, -0.25) is 0 Å². The fraction of sp³-hybridized carbons (Fsp3) is 0.556. The molecule has 0 aliphatic heterocycles. The van der Waals surface area contributed by atoms with Gasteiger partial charge in [0.05, 0.1) is 10.9 Å². The highest BCUT2D eigenvalue weighted by Gasteiger charge is 2.26. The number of aliphatic hydroxyl groups excluding tert-OH is 1. The second-order valence-corrected chi connectivity index (χ2v) is 8.60. The van der Waals surface area contributed by atoms with Gasteiger partial charge in [0.25, 0.3) is 0 Å². The number of halogens is 2. The minimum absolute atomic E-state index is 0.0243. The van der Waals surface area contributed by atoms with Crippen LogP contribution in [0.2, 0.25) is 8.67 Å². The third-order valence-corrected chi connectivity index (χ3v) is 6.77. The van der Waals surface area contributed by atoms with Gasteiger partial charge in [-0.1, -0.05) is 23.2 Å². The summed E-state index contributed by atoms with van der Waals surface area (Å²) >= 11 is 13.9. The van der Waals surface area contributed by atoms with Crippen LogP contribution in [0.5, 0.6) is 0 Å². The highest BCUT2D eigenvalue weighted by Crippen LogP contribution is 2.34. The summed E-state index contributed by atoms with van der Waals surface area (Å²) in [5.74, 6) is 0. The molecule has 0 radical (unpaired) electrons. The van der Waals surface area contributed by atoms with Gasteiger partial charge in [0.2, 0.25) is 10.0 Å². The molecule has 0 fully saturated rings. The molecular weight excluding hydrogens is 337 g/mol. The van der Waals surface area contributed by atoms with Crippen LogP contribution in [-0.2, 0) is 10.0 Å². The van der Waals surface area contributed by atoms with Gasteiger partial charge in [0, 0.05) is 11.3 Å². The van der Waals surface area contributed by atoms with E-state index in [4.69, 9.17) is 28.3 Å². The summed E-state index contributed by atoms with van der Waals surface area (Å²) < 4.78 is 27.1. The Hall–Kier alpha value is 0.500. The van der Waals surface area contributed by atoms with E-state index in [-0.39, 0.29) is 21.1 Å². The summed E-state index contributed by atoms with van der Waals surface area (Å²) in [5, 5.41) is 8.91. The Morgan fingerprint density at radius 2 is 2.17 bits per heavy atom. The monoisotopic (exact) mass is 349 g/mol. The Kier molecular flexibility index (Phi) is 6.24. The van der Waals surface area contributed by atoms with Gasteiger partial charge in [-0.05, 0) is 19.2 Å². The molecule has 1 rings (SSSR count). The molecule has 2 unspecified atom stereocenters. The predicted molar refractivity (Wildman–Crippen MR) is 78.5 cm³/mol. The number of thioether (sulfide) groups is 1. The summed E-state index contributed by atoms with van der Waals surface area (Å²) in [6.45, 7) is 1.58. The van der Waals surface area contributed by atoms with E-state index < -0.39 is 16.1 Å². The van der Waals surface area contributed by atoms with E-state index in [0.717, 1.165) is 11.3 Å². The first-order valence-corrected chi connectivity index (χ1v) is 9.27. The highest BCUT2D eigenvalue weighted by atomic mass is 35.5. The van der Waals surface area contributed by atoms with Crippen molar-refractivity contribution in [3.8, 4) is 0 Å². The molecule has 0 aromatic carbocycles. The maximum absolute atomic E-state index is 12.1. The van der Waals surface area contributed by atoms with Crippen LogP contribution < -0.4 is 4.72 Å². The Labute approximate surface area is 125 Å². The molecule has 0 saturated carbocycles. The average Bonchev–Trinajstić information content (AvgIpc) is 2.59. The van der Waals surface area contributed by atoms with Crippen LogP contribution in [0.4, 0.5) is 0 Å². The first-order valence-electron chi connectivity index (χ1n) is 4.92. The Balaban J connectivity index is 2.92. The third-order valence-electron chi connectivity index (χ3n) is 2.30. The molecule has 9 heteroatoms. The molecule has 104 valence electrons. The summed E-state index contributed by atoms with van der Waals surface area (Å²) in [4.78, 5) is -0.0243. The number of thiophene rings is 1. The van der Waals surface area contributed by atoms with Crippen LogP contribution in [-0.4, -0.2) is 37.7 Å². The van der Waals surface area contributed by atoms with Crippen molar-refractivity contribution in [2.24, 2.45) is 0 Å². The van der Waals surface area contributed by atoms with Crippen LogP contribution in [0.25, 0.3) is 0 Å². The van der Waals surface area contributed by atoms with Crippen LogP contribution in [0, 0.1) is 0 Å². The number of rotatable bonds is 6. The lowest BCUT2D eigenvalue weighted by atomic mass is 10.3. The zero-order valence-electron chi connectivity index (χ0n) is 9.68. The van der Waals surface area contributed by atoms with E-state index in [1.54, 1.807) is 13.2 Å². The van der Waals surface area contributed by atoms with E-state index in [2.05, 4.69) is 4.72 Å². The minimum Gasteiger partial charge on any atom is -0.395 e. The Bertz CT molecular complexity index is 499. The molecule has 4 nitrogen and oxygen atoms in total. The SMILES string of the molecule is CSC(CO)C(C)NS(=O)(=O)c1cc(Cl)sc1Cl. The van der Waals surface area contributed by atoms with Gasteiger partial charge in [0.15, 0.2) is 0 Å². The molecule has 1 aromatic heterocycles. The standard InChI is InChI=1S/C9H13Cl2NO3S3/c1-5(6(4-13)16-2)12-18(14,15)7-3-8(10)17-9(7)11/h3,5-6,12-13H,4H2,1-2H3. The highest BCUT2D eigenvalue weighted by molar-refractivity contribution is 7.99. The van der Waals surface area contributed by atoms with Crippen molar-refractivity contribution in [2.75, 3.05) is 12.9 Å². The topological polar surface area (TPSA) is 66.4 Å². The van der Waals surface area contributed by atoms with Crippen molar-refractivity contribution in [1.29, 1.82) is 0 Å². The number of hydrogen-bond acceptors (Lipinski definition) is 5. The number of hydrogen-bond donors (Lipinski definition) is 2. The molecule has 18 heavy (non-hydrogen) atoms. The fourth-order valence-electron chi connectivity index (χ4n) is 1.33. The van der Waals surface area contributed by atoms with E-state index in [1.807, 2.05) is 0 Å². The molecule has 1 heterocycles. The van der Waals surface area contributed by atoms with Crippen LogP contribution >= 0.6 is 46.3 Å². The van der Waals surface area contributed by atoms with Crippen LogP contribution in [0.1, 0.15) is 6.92 Å². The van der Waals surface area contributed by atoms with Gasteiger partial charge >= 0.3 is 0 Å². The second-order valence-electron chi connectivity index (χ2n) is 3.56. The first kappa shape index (κ1) is 16.6. The normalized spacial score (nSPS) is 15.6. The quantitative estimate of drug-likeness (QED) is 0.827. The average molecular weight is 350 g/mol. The van der Waals surface area contributed by atoms with Crippen molar-refractivity contribution < 1.29 is 13.5 Å². The molecule has 0 aliphatic carbocycles. The van der Waals surface area contributed by atoms with Gasteiger partial charge in [-0.15, -0.1) is 11.3 Å². The molecule has 0 aliphatic rings. The largest absolute Gasteiger partial charge is 0.395 e. The predicted octanol–water partition coefficient (Wildman–Crippen LogP) is 2.45. The number of nitrogens with one attached hydrogen (secondary N) is 1. The smallest absolute Gasteiger partial charge is 0.243 e. The minimum atomic E-state index is -3.71. The van der Waals surface area contributed by atoms with Crippen molar-refractivity contribution in [1.82, 2.24) is 4.72 Å². The molecule has 0 bridgehead atoms. The number of aliphatic hydroxyl groups is 1. The van der Waals surface area contributed by atoms with Crippen molar-refractivity contribution in [3.63, 3.8) is 0 Å². The second kappa shape index (κ2) is 6.78. The van der Waals surface area contributed by atoms with E-state index in [1.165, 1.54) is 17.8 Å². The summed E-state index contributed by atoms with van der Waals surface area (Å²) in [6.07, 6.45) is 1.81. The summed E-state index contributed by atoms with van der Waals surface area (Å²) in [6, 6.07) is 0.904. The fourth-order valence-corrected chi connectivity index (χ4v) is 5.47. The molecule has 1 aromatic rings. The van der Waals surface area contributed by atoms with Gasteiger partial charge < -0.3 is 5.11 Å². The van der Waals surface area contributed by atoms with Crippen LogP contribution in [0.3, 0.4) is 0 Å². The van der Waals surface area contributed by atoms with Crippen molar-refractivity contribution in [2.45, 2.75) is 23.1 Å². The third kappa shape index (κ3) is 4.00. The van der Waals surface area contributed by atoms with Gasteiger partial charge in [-0.25, -0.2) is 13.1 Å². The summed E-state index contributed by atoms with van der Waals surface area (Å²) in [7, 11) is -3.71. The Morgan fingerprint density at radius 3 is 2.56 bits per heavy atom. The zero-order chi connectivity index (χ0) is 13.9. The number of sulfonamides is 1. The lowest BCUT2D eigenvalue weighted by Crippen LogP contribution is -2.41. The zero-order valence-corrected chi connectivity index (χ0v) is 13.6.